The van der Waals surface area contributed by atoms with E-state index in [4.69, 9.17) is 9.47 Å². The summed E-state index contributed by atoms with van der Waals surface area (Å²) < 4.78 is 12.3. The highest BCUT2D eigenvalue weighted by Crippen LogP contribution is 2.57. The van der Waals surface area contributed by atoms with Crippen LogP contribution in [0.5, 0.6) is 0 Å². The van der Waals surface area contributed by atoms with Crippen LogP contribution in [-0.2, 0) is 28.7 Å². The Morgan fingerprint density at radius 2 is 1.58 bits per heavy atom. The van der Waals surface area contributed by atoms with Crippen LogP contribution in [0.3, 0.4) is 0 Å². The highest BCUT2D eigenvalue weighted by molar-refractivity contribution is 6.06. The number of rotatable bonds is 5. The number of nitrogens with zero attached hydrogens (tertiary/aromatic N) is 2. The fourth-order valence-corrected chi connectivity index (χ4v) is 8.29. The molecule has 2 N–H and O–H groups in total. The number of benzene rings is 4. The van der Waals surface area contributed by atoms with Crippen molar-refractivity contribution in [3.8, 4) is 0 Å². The summed E-state index contributed by atoms with van der Waals surface area (Å²) in [7, 11) is 0. The number of carbonyl (C=O) groups is 4. The van der Waals surface area contributed by atoms with Gasteiger partial charge in [0.15, 0.2) is 0 Å². The van der Waals surface area contributed by atoms with Gasteiger partial charge in [-0.2, -0.15) is 0 Å². The first kappa shape index (κ1) is 33.6. The lowest BCUT2D eigenvalue weighted by Gasteiger charge is -2.39. The fourth-order valence-electron chi connectivity index (χ4n) is 8.29. The summed E-state index contributed by atoms with van der Waals surface area (Å²) in [6.45, 7) is -0.420. The summed E-state index contributed by atoms with van der Waals surface area (Å²) in [5, 5.41) is 15.9. The van der Waals surface area contributed by atoms with Crippen molar-refractivity contribution >= 4 is 40.2 Å². The van der Waals surface area contributed by atoms with Gasteiger partial charge in [-0.05, 0) is 40.5 Å². The van der Waals surface area contributed by atoms with E-state index in [2.05, 4.69) is 5.32 Å². The smallest absolute Gasteiger partial charge is 0.306 e. The van der Waals surface area contributed by atoms with E-state index in [1.165, 1.54) is 4.90 Å². The van der Waals surface area contributed by atoms with Gasteiger partial charge in [-0.25, -0.2) is 0 Å². The average Bonchev–Trinajstić information content (AvgIpc) is 3.82. The monoisotopic (exact) mass is 697 g/mol. The van der Waals surface area contributed by atoms with E-state index in [1.54, 1.807) is 17.1 Å². The lowest BCUT2D eigenvalue weighted by molar-refractivity contribution is -0.146. The van der Waals surface area contributed by atoms with Gasteiger partial charge in [0.25, 0.3) is 5.91 Å². The Hall–Kier alpha value is -5.58. The number of likely N-dealkylation sites (tertiary alicyclic amines) is 1. The van der Waals surface area contributed by atoms with Gasteiger partial charge < -0.3 is 29.7 Å². The number of aliphatic hydroxyl groups is 1. The van der Waals surface area contributed by atoms with Crippen molar-refractivity contribution in [1.29, 1.82) is 0 Å². The molecule has 10 nitrogen and oxygen atoms in total. The Balaban J connectivity index is 1.26. The second kappa shape index (κ2) is 13.9. The molecule has 3 amide bonds. The van der Waals surface area contributed by atoms with E-state index in [9.17, 15) is 19.5 Å². The van der Waals surface area contributed by atoms with E-state index in [0.29, 0.717) is 17.7 Å². The molecule has 0 radical (unpaired) electrons. The van der Waals surface area contributed by atoms with Crippen LogP contribution in [0, 0.1) is 11.8 Å². The molecule has 2 saturated heterocycles. The number of allylic oxidation sites excluding steroid dienone is 1. The minimum absolute atomic E-state index is 0.0975. The fraction of sp³-hybridized carbons (Fsp3) is 0.286. The number of hydrogen-bond acceptors (Lipinski definition) is 7. The van der Waals surface area contributed by atoms with Gasteiger partial charge >= 0.3 is 5.97 Å². The lowest BCUT2D eigenvalue weighted by Crippen LogP contribution is -2.57. The zero-order chi connectivity index (χ0) is 35.8. The van der Waals surface area contributed by atoms with Crippen molar-refractivity contribution in [1.82, 2.24) is 10.2 Å². The van der Waals surface area contributed by atoms with E-state index < -0.39 is 72.0 Å². The topological polar surface area (TPSA) is 125 Å². The summed E-state index contributed by atoms with van der Waals surface area (Å²) in [5.74, 6) is -3.78. The van der Waals surface area contributed by atoms with Crippen molar-refractivity contribution in [3.63, 3.8) is 0 Å². The van der Waals surface area contributed by atoms with Crippen molar-refractivity contribution < 1.29 is 33.8 Å². The summed E-state index contributed by atoms with van der Waals surface area (Å²) in [6, 6.07) is 29.1. The van der Waals surface area contributed by atoms with E-state index in [0.717, 1.165) is 16.3 Å². The van der Waals surface area contributed by atoms with Gasteiger partial charge in [0, 0.05) is 18.7 Å². The molecule has 4 aliphatic heterocycles. The number of nitrogens with one attached hydrogen (secondary N) is 1. The summed E-state index contributed by atoms with van der Waals surface area (Å²) in [4.78, 5) is 60.7. The highest BCUT2D eigenvalue weighted by Gasteiger charge is 2.74. The third kappa shape index (κ3) is 5.78. The van der Waals surface area contributed by atoms with Gasteiger partial charge in [0.05, 0.1) is 36.6 Å². The molecule has 0 aromatic heterocycles. The number of esters is 1. The Kier molecular flexibility index (Phi) is 8.94. The second-order valence-electron chi connectivity index (χ2n) is 13.7. The van der Waals surface area contributed by atoms with Gasteiger partial charge in [-0.1, -0.05) is 115 Å². The number of fused-ring (bicyclic) bond motifs is 3. The quantitative estimate of drug-likeness (QED) is 0.227. The maximum absolute atomic E-state index is 15.4. The van der Waals surface area contributed by atoms with Gasteiger partial charge in [0.2, 0.25) is 11.8 Å². The van der Waals surface area contributed by atoms with Crippen LogP contribution in [0.2, 0.25) is 0 Å². The molecule has 0 unspecified atom stereocenters. The first-order chi connectivity index (χ1) is 25.4. The standard InChI is InChI=1S/C42H39N3O7/c46-25-33(29-15-6-2-7-16-29)45-38-41(50)44(31-20-19-27-12-9-10-17-30(27)24-31)23-11-3-8-18-35(47)51-26-32(28-13-4-1-5-14-28)43-39(48)36-34-21-22-42(38,52-34)37(36)40(45)49/h1-7,9-17,19-22,24,32-34,36-38,46H,8,18,23,25-26H2,(H,43,48)/b11-3-/t32-,33-,34-,36+,37+,38-,42+/m1/s1. The molecule has 52 heavy (non-hydrogen) atoms. The van der Waals surface area contributed by atoms with Crippen LogP contribution in [0.25, 0.3) is 10.8 Å². The lowest BCUT2D eigenvalue weighted by atomic mass is 9.74. The average molecular weight is 698 g/mol. The number of cyclic esters (lactones) is 1. The van der Waals surface area contributed by atoms with Gasteiger partial charge in [-0.3, -0.25) is 19.2 Å². The predicted octanol–water partition coefficient (Wildman–Crippen LogP) is 4.81. The molecule has 5 bridgehead atoms. The molecule has 1 spiro atoms. The molecule has 4 aliphatic rings. The molecule has 0 saturated carbocycles. The number of carbonyl (C=O) groups excluding carboxylic acids is 4. The number of amides is 3. The molecule has 264 valence electrons. The molecule has 4 aromatic rings. The van der Waals surface area contributed by atoms with Crippen molar-refractivity contribution in [3.05, 3.63) is 139 Å². The van der Waals surface area contributed by atoms with Crippen LogP contribution in [0.15, 0.2) is 127 Å². The van der Waals surface area contributed by atoms with Crippen LogP contribution >= 0.6 is 0 Å². The van der Waals surface area contributed by atoms with Crippen LogP contribution < -0.4 is 10.2 Å². The maximum Gasteiger partial charge on any atom is 0.306 e. The van der Waals surface area contributed by atoms with Crippen LogP contribution in [-0.4, -0.2) is 71.2 Å². The first-order valence-electron chi connectivity index (χ1n) is 17.7. The third-order valence-corrected chi connectivity index (χ3v) is 10.8. The second-order valence-corrected chi connectivity index (χ2v) is 13.7. The van der Waals surface area contributed by atoms with Crippen molar-refractivity contribution in [2.75, 3.05) is 24.7 Å². The molecule has 0 aliphatic carbocycles. The van der Waals surface area contributed by atoms with Gasteiger partial charge in [-0.15, -0.1) is 0 Å². The normalized spacial score (nSPS) is 28.8. The molecule has 4 heterocycles. The summed E-state index contributed by atoms with van der Waals surface area (Å²) in [5.41, 5.74) is 0.510. The van der Waals surface area contributed by atoms with Crippen molar-refractivity contribution in [2.24, 2.45) is 11.8 Å². The van der Waals surface area contributed by atoms with Crippen LogP contribution in [0.4, 0.5) is 5.69 Å². The van der Waals surface area contributed by atoms with E-state index >= 15 is 4.79 Å². The van der Waals surface area contributed by atoms with Crippen LogP contribution in [0.1, 0.15) is 36.1 Å². The Bertz CT molecular complexity index is 2070. The molecular weight excluding hydrogens is 658 g/mol. The Labute approximate surface area is 301 Å². The summed E-state index contributed by atoms with van der Waals surface area (Å²) >= 11 is 0. The Morgan fingerprint density at radius 3 is 2.35 bits per heavy atom. The molecule has 7 atom stereocenters. The minimum Gasteiger partial charge on any atom is -0.463 e. The van der Waals surface area contributed by atoms with Crippen molar-refractivity contribution in [2.45, 2.75) is 42.7 Å². The number of ether oxygens (including phenoxy) is 2. The third-order valence-electron chi connectivity index (χ3n) is 10.8. The minimum atomic E-state index is -1.48. The molecule has 2 fully saturated rings. The molecular formula is C42H39N3O7. The van der Waals surface area contributed by atoms with E-state index in [1.807, 2.05) is 115 Å². The molecule has 4 aromatic carbocycles. The van der Waals surface area contributed by atoms with Gasteiger partial charge in [0.1, 0.15) is 18.2 Å². The SMILES string of the molecule is O=C1CC/C=C\CN(c2ccc3ccccc3c2)C(=O)[C@H]2N([C@H](CO)c3ccccc3)C(=O)[C@@H]3[C@@H](C(=O)N[C@@H](c4ccccc4)CO1)[C@H]1C=C[C@]32O1. The number of anilines is 1. The molecule has 10 heteroatoms. The number of hydrogen-bond donors (Lipinski definition) is 2. The summed E-state index contributed by atoms with van der Waals surface area (Å²) in [6.07, 6.45) is 6.91. The molecule has 8 rings (SSSR count). The number of aliphatic hydroxyl groups excluding tert-OH is 1. The zero-order valence-electron chi connectivity index (χ0n) is 28.4. The van der Waals surface area contributed by atoms with E-state index in [-0.39, 0.29) is 19.6 Å². The Morgan fingerprint density at radius 1 is 0.846 bits per heavy atom. The largest absolute Gasteiger partial charge is 0.463 e. The maximum atomic E-state index is 15.4. The predicted molar refractivity (Wildman–Crippen MR) is 194 cm³/mol. The first-order valence-corrected chi connectivity index (χ1v) is 17.7. The zero-order valence-corrected chi connectivity index (χ0v) is 28.4. The highest BCUT2D eigenvalue weighted by atomic mass is 16.5.